The zero-order chi connectivity index (χ0) is 19.5. The number of rotatable bonds is 6. The van der Waals surface area contributed by atoms with Crippen molar-refractivity contribution in [3.8, 4) is 0 Å². The van der Waals surface area contributed by atoms with Gasteiger partial charge in [0.1, 0.15) is 6.54 Å². The van der Waals surface area contributed by atoms with E-state index in [9.17, 15) is 22.8 Å². The summed E-state index contributed by atoms with van der Waals surface area (Å²) in [6.45, 7) is 2.50. The van der Waals surface area contributed by atoms with Crippen LogP contribution >= 0.6 is 0 Å². The number of piperidine rings is 1. The highest BCUT2D eigenvalue weighted by Crippen LogP contribution is 2.25. The van der Waals surface area contributed by atoms with Crippen LogP contribution in [-0.2, 0) is 22.6 Å². The summed E-state index contributed by atoms with van der Waals surface area (Å²) >= 11 is 0. The predicted molar refractivity (Wildman–Crippen MR) is 87.7 cm³/mol. The Bertz CT molecular complexity index is 670. The van der Waals surface area contributed by atoms with Crippen molar-refractivity contribution in [2.24, 2.45) is 0 Å². The number of amides is 1. The van der Waals surface area contributed by atoms with Crippen LogP contribution in [0.3, 0.4) is 0 Å². The van der Waals surface area contributed by atoms with Gasteiger partial charge in [0, 0.05) is 30.3 Å². The number of alkyl halides is 3. The number of carboxylic acid groups (broad SMARTS) is 1. The van der Waals surface area contributed by atoms with Gasteiger partial charge in [0.25, 0.3) is 0 Å². The average Bonchev–Trinajstić information content (AvgIpc) is 2.78. The molecule has 0 radical (unpaired) electrons. The van der Waals surface area contributed by atoms with E-state index < -0.39 is 18.7 Å². The number of nitrogens with zero attached hydrogens (tertiary/aromatic N) is 3. The van der Waals surface area contributed by atoms with E-state index >= 15 is 0 Å². The molecule has 2 heterocycles. The maximum absolute atomic E-state index is 12.7. The Morgan fingerprint density at radius 2 is 1.96 bits per heavy atom. The van der Waals surface area contributed by atoms with Crippen molar-refractivity contribution in [1.82, 2.24) is 14.7 Å². The third-order valence-corrected chi connectivity index (χ3v) is 4.83. The number of aromatic nitrogens is 2. The van der Waals surface area contributed by atoms with Crippen molar-refractivity contribution in [1.29, 1.82) is 0 Å². The van der Waals surface area contributed by atoms with Crippen molar-refractivity contribution in [2.75, 3.05) is 6.54 Å². The molecule has 1 aromatic heterocycles. The Labute approximate surface area is 150 Å². The Kier molecular flexibility index (Phi) is 6.30. The first-order chi connectivity index (χ1) is 12.1. The van der Waals surface area contributed by atoms with Gasteiger partial charge in [0.15, 0.2) is 0 Å². The minimum Gasteiger partial charge on any atom is -0.481 e. The number of hydrogen-bond donors (Lipinski definition) is 1. The summed E-state index contributed by atoms with van der Waals surface area (Å²) in [5.41, 5.74) is 1.27. The molecule has 1 unspecified atom stereocenters. The molecule has 1 fully saturated rings. The SMILES string of the molecule is Cc1nn(CC(F)(F)F)c(C)c1CC(=O)N1CCCCC1CCC(=O)O. The number of carbonyl (C=O) groups excluding carboxylic acids is 1. The summed E-state index contributed by atoms with van der Waals surface area (Å²) in [7, 11) is 0. The van der Waals surface area contributed by atoms with Crippen molar-refractivity contribution < 1.29 is 27.9 Å². The van der Waals surface area contributed by atoms with Crippen molar-refractivity contribution in [3.63, 3.8) is 0 Å². The average molecular weight is 375 g/mol. The fourth-order valence-corrected chi connectivity index (χ4v) is 3.49. The molecular formula is C17H24F3N3O3. The summed E-state index contributed by atoms with van der Waals surface area (Å²) in [6, 6.07) is -0.127. The molecular weight excluding hydrogens is 351 g/mol. The standard InChI is InChI=1S/C17H24F3N3O3/c1-11-14(12(2)23(21-11)10-17(18,19)20)9-15(24)22-8-4-3-5-13(22)6-7-16(25)26/h13H,3-10H2,1-2H3,(H,25,26). The van der Waals surface area contributed by atoms with Gasteiger partial charge in [-0.1, -0.05) is 0 Å². The second-order valence-corrected chi connectivity index (χ2v) is 6.77. The third kappa shape index (κ3) is 5.22. The number of likely N-dealkylation sites (tertiary alicyclic amines) is 1. The highest BCUT2D eigenvalue weighted by atomic mass is 19.4. The topological polar surface area (TPSA) is 75.4 Å². The Hall–Kier alpha value is -2.06. The molecule has 9 heteroatoms. The van der Waals surface area contributed by atoms with Crippen LogP contribution in [0.1, 0.15) is 49.1 Å². The van der Waals surface area contributed by atoms with Crippen LogP contribution in [-0.4, -0.2) is 50.4 Å². The molecule has 146 valence electrons. The van der Waals surface area contributed by atoms with E-state index in [0.717, 1.165) is 23.9 Å². The third-order valence-electron chi connectivity index (χ3n) is 4.83. The summed E-state index contributed by atoms with van der Waals surface area (Å²) < 4.78 is 38.8. The van der Waals surface area contributed by atoms with E-state index in [2.05, 4.69) is 5.10 Å². The van der Waals surface area contributed by atoms with Crippen LogP contribution in [0.15, 0.2) is 0 Å². The lowest BCUT2D eigenvalue weighted by molar-refractivity contribution is -0.143. The molecule has 0 aliphatic carbocycles. The normalized spacial score (nSPS) is 18.2. The molecule has 26 heavy (non-hydrogen) atoms. The number of halogens is 3. The maximum Gasteiger partial charge on any atom is 0.408 e. The number of hydrogen-bond acceptors (Lipinski definition) is 3. The predicted octanol–water partition coefficient (Wildman–Crippen LogP) is 2.85. The molecule has 1 aliphatic heterocycles. The lowest BCUT2D eigenvalue weighted by Crippen LogP contribution is -2.44. The van der Waals surface area contributed by atoms with Crippen molar-refractivity contribution >= 4 is 11.9 Å². The van der Waals surface area contributed by atoms with E-state index in [0.29, 0.717) is 29.9 Å². The fraction of sp³-hybridized carbons (Fsp3) is 0.706. The molecule has 1 aromatic rings. The molecule has 0 spiro atoms. The molecule has 2 rings (SSSR count). The molecule has 1 aliphatic rings. The van der Waals surface area contributed by atoms with Crippen LogP contribution in [0.4, 0.5) is 13.2 Å². The monoisotopic (exact) mass is 375 g/mol. The number of aryl methyl sites for hydroxylation is 1. The largest absolute Gasteiger partial charge is 0.481 e. The number of carboxylic acids is 1. The van der Waals surface area contributed by atoms with Crippen molar-refractivity contribution in [2.45, 2.75) is 71.1 Å². The van der Waals surface area contributed by atoms with Crippen molar-refractivity contribution in [3.05, 3.63) is 17.0 Å². The lowest BCUT2D eigenvalue weighted by atomic mass is 9.96. The van der Waals surface area contributed by atoms with Gasteiger partial charge in [0.2, 0.25) is 5.91 Å². The summed E-state index contributed by atoms with van der Waals surface area (Å²) in [5, 5.41) is 12.8. The van der Waals surface area contributed by atoms with E-state index in [1.807, 2.05) is 0 Å². The van der Waals surface area contributed by atoms with E-state index in [1.54, 1.807) is 11.8 Å². The summed E-state index contributed by atoms with van der Waals surface area (Å²) in [4.78, 5) is 25.2. The van der Waals surface area contributed by atoms with Gasteiger partial charge < -0.3 is 10.0 Å². The van der Waals surface area contributed by atoms with E-state index in [1.165, 1.54) is 6.92 Å². The lowest BCUT2D eigenvalue weighted by Gasteiger charge is -2.36. The van der Waals surface area contributed by atoms with E-state index in [4.69, 9.17) is 5.11 Å². The zero-order valence-corrected chi connectivity index (χ0v) is 15.0. The van der Waals surface area contributed by atoms with Crippen LogP contribution in [0.2, 0.25) is 0 Å². The number of aliphatic carboxylic acids is 1. The molecule has 0 bridgehead atoms. The molecule has 0 saturated carbocycles. The van der Waals surface area contributed by atoms with Gasteiger partial charge in [-0.15, -0.1) is 0 Å². The second kappa shape index (κ2) is 8.09. The minimum absolute atomic E-state index is 0.00395. The molecule has 0 aromatic carbocycles. The Morgan fingerprint density at radius 1 is 1.27 bits per heavy atom. The van der Waals surface area contributed by atoms with Gasteiger partial charge in [-0.2, -0.15) is 18.3 Å². The maximum atomic E-state index is 12.7. The molecule has 1 saturated heterocycles. The highest BCUT2D eigenvalue weighted by molar-refractivity contribution is 5.80. The van der Waals surface area contributed by atoms with Gasteiger partial charge in [0.05, 0.1) is 12.1 Å². The molecule has 1 atom stereocenters. The van der Waals surface area contributed by atoms with Crippen LogP contribution in [0.5, 0.6) is 0 Å². The molecule has 1 N–H and O–H groups in total. The Balaban J connectivity index is 2.11. The first-order valence-electron chi connectivity index (χ1n) is 8.69. The first-order valence-corrected chi connectivity index (χ1v) is 8.69. The summed E-state index contributed by atoms with van der Waals surface area (Å²) in [5.74, 6) is -1.08. The summed E-state index contributed by atoms with van der Waals surface area (Å²) in [6.07, 6.45) is -1.46. The first kappa shape index (κ1) is 20.3. The molecule has 1 amide bonds. The Morgan fingerprint density at radius 3 is 2.58 bits per heavy atom. The zero-order valence-electron chi connectivity index (χ0n) is 15.0. The van der Waals surface area contributed by atoms with Crippen LogP contribution in [0.25, 0.3) is 0 Å². The van der Waals surface area contributed by atoms with E-state index in [-0.39, 0.29) is 24.8 Å². The fourth-order valence-electron chi connectivity index (χ4n) is 3.49. The quantitative estimate of drug-likeness (QED) is 0.830. The van der Waals surface area contributed by atoms with Gasteiger partial charge in [-0.05, 0) is 39.5 Å². The number of carbonyl (C=O) groups is 2. The van der Waals surface area contributed by atoms with Crippen LogP contribution < -0.4 is 0 Å². The van der Waals surface area contributed by atoms with Gasteiger partial charge >= 0.3 is 12.1 Å². The highest BCUT2D eigenvalue weighted by Gasteiger charge is 2.31. The smallest absolute Gasteiger partial charge is 0.408 e. The second-order valence-electron chi connectivity index (χ2n) is 6.77. The van der Waals surface area contributed by atoms with Gasteiger partial charge in [-0.25, -0.2) is 0 Å². The van der Waals surface area contributed by atoms with Crippen LogP contribution in [0, 0.1) is 13.8 Å². The minimum atomic E-state index is -4.38. The van der Waals surface area contributed by atoms with Gasteiger partial charge in [-0.3, -0.25) is 14.3 Å². The molecule has 6 nitrogen and oxygen atoms in total.